The minimum Gasteiger partial charge on any atom is -0.481 e. The lowest BCUT2D eigenvalue weighted by molar-refractivity contribution is -0.122. The Balaban J connectivity index is 1.66. The molecule has 31 heavy (non-hydrogen) atoms. The average Bonchev–Trinajstić information content (AvgIpc) is 2.74. The normalized spacial score (nSPS) is 12.1. The van der Waals surface area contributed by atoms with Gasteiger partial charge in [0.05, 0.1) is 4.90 Å². The minimum absolute atomic E-state index is 0.0727. The molecule has 1 amide bonds. The Bertz CT molecular complexity index is 1150. The van der Waals surface area contributed by atoms with Gasteiger partial charge in [0.25, 0.3) is 15.9 Å². The predicted octanol–water partition coefficient (Wildman–Crippen LogP) is 5.25. The maximum absolute atomic E-state index is 12.6. The van der Waals surface area contributed by atoms with Gasteiger partial charge in [0, 0.05) is 16.4 Å². The SMILES string of the molecule is CCC(Oc1cccc(C)c1)C(=O)Nc1ccc(S(=O)(=O)Nc2ccc(Cl)cc2)cc1. The summed E-state index contributed by atoms with van der Waals surface area (Å²) in [6.07, 6.45) is -0.186. The molecule has 0 saturated carbocycles. The first-order valence-corrected chi connectivity index (χ1v) is 11.6. The second-order valence-corrected chi connectivity index (χ2v) is 9.08. The number of nitrogens with one attached hydrogen (secondary N) is 2. The molecule has 0 fully saturated rings. The zero-order valence-corrected chi connectivity index (χ0v) is 18.7. The van der Waals surface area contributed by atoms with Gasteiger partial charge < -0.3 is 10.1 Å². The molecule has 1 atom stereocenters. The summed E-state index contributed by atoms with van der Waals surface area (Å²) in [7, 11) is -3.77. The van der Waals surface area contributed by atoms with Gasteiger partial charge >= 0.3 is 0 Å². The highest BCUT2D eigenvalue weighted by Crippen LogP contribution is 2.21. The number of aryl methyl sites for hydroxylation is 1. The van der Waals surface area contributed by atoms with Crippen molar-refractivity contribution in [2.45, 2.75) is 31.3 Å². The number of carbonyl (C=O) groups excluding carboxylic acids is 1. The topological polar surface area (TPSA) is 84.5 Å². The molecule has 0 aromatic heterocycles. The van der Waals surface area contributed by atoms with Crippen LogP contribution in [0, 0.1) is 6.92 Å². The van der Waals surface area contributed by atoms with Gasteiger partial charge in [0.1, 0.15) is 5.75 Å². The number of ether oxygens (including phenoxy) is 1. The van der Waals surface area contributed by atoms with E-state index in [0.717, 1.165) is 5.56 Å². The lowest BCUT2D eigenvalue weighted by Gasteiger charge is -2.18. The minimum atomic E-state index is -3.77. The zero-order valence-electron chi connectivity index (χ0n) is 17.1. The van der Waals surface area contributed by atoms with Gasteiger partial charge in [-0.15, -0.1) is 0 Å². The van der Waals surface area contributed by atoms with Crippen LogP contribution in [0.4, 0.5) is 11.4 Å². The predicted molar refractivity (Wildman–Crippen MR) is 123 cm³/mol. The monoisotopic (exact) mass is 458 g/mol. The Morgan fingerprint density at radius 2 is 1.65 bits per heavy atom. The Morgan fingerprint density at radius 1 is 1.00 bits per heavy atom. The molecule has 8 heteroatoms. The Hall–Kier alpha value is -3.03. The summed E-state index contributed by atoms with van der Waals surface area (Å²) in [5, 5.41) is 3.28. The third-order valence-corrected chi connectivity index (χ3v) is 6.11. The molecule has 0 spiro atoms. The molecule has 0 aliphatic carbocycles. The first-order chi connectivity index (χ1) is 14.8. The van der Waals surface area contributed by atoms with Crippen molar-refractivity contribution >= 4 is 38.9 Å². The molecule has 0 saturated heterocycles. The molecule has 3 aromatic carbocycles. The lowest BCUT2D eigenvalue weighted by Crippen LogP contribution is -2.32. The summed E-state index contributed by atoms with van der Waals surface area (Å²) in [5.41, 5.74) is 1.92. The number of halogens is 1. The largest absolute Gasteiger partial charge is 0.481 e. The second kappa shape index (κ2) is 9.85. The fraction of sp³-hybridized carbons (Fsp3) is 0.174. The van der Waals surface area contributed by atoms with Crippen LogP contribution in [-0.4, -0.2) is 20.4 Å². The molecule has 0 radical (unpaired) electrons. The molecule has 6 nitrogen and oxygen atoms in total. The molecule has 0 bridgehead atoms. The van der Waals surface area contributed by atoms with Crippen molar-refractivity contribution in [3.8, 4) is 5.75 Å². The highest BCUT2D eigenvalue weighted by atomic mass is 35.5. The van der Waals surface area contributed by atoms with Crippen LogP contribution < -0.4 is 14.8 Å². The van der Waals surface area contributed by atoms with Gasteiger partial charge in [-0.05, 0) is 79.6 Å². The molecule has 2 N–H and O–H groups in total. The highest BCUT2D eigenvalue weighted by Gasteiger charge is 2.19. The van der Waals surface area contributed by atoms with Crippen LogP contribution in [0.25, 0.3) is 0 Å². The van der Waals surface area contributed by atoms with E-state index in [-0.39, 0.29) is 10.8 Å². The van der Waals surface area contributed by atoms with Gasteiger partial charge in [0.2, 0.25) is 0 Å². The van der Waals surface area contributed by atoms with Gasteiger partial charge in [-0.1, -0.05) is 30.7 Å². The van der Waals surface area contributed by atoms with Gasteiger partial charge in [0.15, 0.2) is 6.10 Å². The summed E-state index contributed by atoms with van der Waals surface area (Å²) in [4.78, 5) is 12.7. The molecule has 1 unspecified atom stereocenters. The second-order valence-electron chi connectivity index (χ2n) is 6.96. The van der Waals surface area contributed by atoms with Crippen LogP contribution in [0.15, 0.2) is 77.7 Å². The number of rotatable bonds is 8. The van der Waals surface area contributed by atoms with Crippen molar-refractivity contribution in [1.82, 2.24) is 0 Å². The maximum atomic E-state index is 12.6. The number of anilines is 2. The maximum Gasteiger partial charge on any atom is 0.265 e. The molecule has 0 aliphatic rings. The average molecular weight is 459 g/mol. The molecular formula is C23H23ClN2O4S. The number of hydrogen-bond donors (Lipinski definition) is 2. The van der Waals surface area contributed by atoms with Crippen molar-refractivity contribution in [2.75, 3.05) is 10.0 Å². The number of amides is 1. The van der Waals surface area contributed by atoms with Crippen LogP contribution in [0.2, 0.25) is 5.02 Å². The third-order valence-electron chi connectivity index (χ3n) is 4.46. The Labute approximate surface area is 187 Å². The van der Waals surface area contributed by atoms with Crippen molar-refractivity contribution in [3.63, 3.8) is 0 Å². The summed E-state index contributed by atoms with van der Waals surface area (Å²) in [6.45, 7) is 3.81. The smallest absolute Gasteiger partial charge is 0.265 e. The first-order valence-electron chi connectivity index (χ1n) is 9.69. The Kier molecular flexibility index (Phi) is 7.20. The van der Waals surface area contributed by atoms with Crippen molar-refractivity contribution in [3.05, 3.63) is 83.4 Å². The fourth-order valence-corrected chi connectivity index (χ4v) is 4.03. The first kappa shape index (κ1) is 22.7. The summed E-state index contributed by atoms with van der Waals surface area (Å²) in [5.74, 6) is 0.315. The molecule has 3 rings (SSSR count). The van der Waals surface area contributed by atoms with Crippen LogP contribution in [0.5, 0.6) is 5.75 Å². The number of benzene rings is 3. The van der Waals surface area contributed by atoms with Gasteiger partial charge in [-0.2, -0.15) is 0 Å². The third kappa shape index (κ3) is 6.23. The van der Waals surface area contributed by atoms with Crippen LogP contribution in [0.3, 0.4) is 0 Å². The molecule has 162 valence electrons. The molecular weight excluding hydrogens is 436 g/mol. The number of sulfonamides is 1. The molecule has 0 heterocycles. The van der Waals surface area contributed by atoms with E-state index in [2.05, 4.69) is 10.0 Å². The van der Waals surface area contributed by atoms with Crippen LogP contribution in [0.1, 0.15) is 18.9 Å². The van der Waals surface area contributed by atoms with E-state index in [1.807, 2.05) is 32.0 Å². The van der Waals surface area contributed by atoms with E-state index in [9.17, 15) is 13.2 Å². The highest BCUT2D eigenvalue weighted by molar-refractivity contribution is 7.92. The van der Waals surface area contributed by atoms with E-state index >= 15 is 0 Å². The standard InChI is InChI=1S/C23H23ClN2O4S/c1-3-22(30-20-6-4-5-16(2)15-20)23(27)25-18-11-13-21(14-12-18)31(28,29)26-19-9-7-17(24)8-10-19/h4-15,22,26H,3H2,1-2H3,(H,25,27). The van der Waals surface area contributed by atoms with Gasteiger partial charge in [-0.25, -0.2) is 8.42 Å². The number of carbonyl (C=O) groups is 1. The summed E-state index contributed by atoms with van der Waals surface area (Å²) < 4.78 is 33.4. The summed E-state index contributed by atoms with van der Waals surface area (Å²) in [6, 6.07) is 19.8. The van der Waals surface area contributed by atoms with E-state index < -0.39 is 16.1 Å². The molecule has 0 aliphatic heterocycles. The number of hydrogen-bond acceptors (Lipinski definition) is 4. The van der Waals surface area contributed by atoms with E-state index in [1.165, 1.54) is 24.3 Å². The van der Waals surface area contributed by atoms with E-state index in [1.54, 1.807) is 30.3 Å². The Morgan fingerprint density at radius 3 is 2.26 bits per heavy atom. The fourth-order valence-electron chi connectivity index (χ4n) is 2.85. The van der Waals surface area contributed by atoms with Crippen LogP contribution in [-0.2, 0) is 14.8 Å². The lowest BCUT2D eigenvalue weighted by atomic mass is 10.2. The van der Waals surface area contributed by atoms with E-state index in [0.29, 0.717) is 28.6 Å². The van der Waals surface area contributed by atoms with Crippen molar-refractivity contribution in [2.24, 2.45) is 0 Å². The van der Waals surface area contributed by atoms with Crippen molar-refractivity contribution in [1.29, 1.82) is 0 Å². The summed E-state index contributed by atoms with van der Waals surface area (Å²) >= 11 is 5.82. The van der Waals surface area contributed by atoms with Crippen molar-refractivity contribution < 1.29 is 17.9 Å². The zero-order chi connectivity index (χ0) is 22.4. The van der Waals surface area contributed by atoms with Crippen LogP contribution >= 0.6 is 11.6 Å². The molecule has 3 aromatic rings. The quantitative estimate of drug-likeness (QED) is 0.483. The van der Waals surface area contributed by atoms with E-state index in [4.69, 9.17) is 16.3 Å². The van der Waals surface area contributed by atoms with Gasteiger partial charge in [-0.3, -0.25) is 9.52 Å².